The fourth-order valence-electron chi connectivity index (χ4n) is 1.61. The van der Waals surface area contributed by atoms with Crippen LogP contribution >= 0.6 is 0 Å². The number of benzene rings is 1. The maximum absolute atomic E-state index is 10.7. The Kier molecular flexibility index (Phi) is 3.70. The van der Waals surface area contributed by atoms with E-state index in [4.69, 9.17) is 0 Å². The van der Waals surface area contributed by atoms with Gasteiger partial charge in [-0.15, -0.1) is 0 Å². The first-order chi connectivity index (χ1) is 9.06. The Morgan fingerprint density at radius 1 is 1.26 bits per heavy atom. The van der Waals surface area contributed by atoms with E-state index >= 15 is 0 Å². The van der Waals surface area contributed by atoms with Gasteiger partial charge in [0.25, 0.3) is 5.69 Å². The van der Waals surface area contributed by atoms with E-state index in [1.807, 2.05) is 13.8 Å². The molecule has 1 aromatic heterocycles. The van der Waals surface area contributed by atoms with Crippen LogP contribution in [-0.2, 0) is 6.54 Å². The average molecular weight is 258 g/mol. The number of hydrogen-bond acceptors (Lipinski definition) is 5. The highest BCUT2D eigenvalue weighted by Gasteiger charge is 2.08. The number of aromatic nitrogens is 2. The van der Waals surface area contributed by atoms with E-state index in [0.717, 1.165) is 22.6 Å². The highest BCUT2D eigenvalue weighted by Crippen LogP contribution is 2.22. The molecular weight excluding hydrogens is 244 g/mol. The van der Waals surface area contributed by atoms with Crippen LogP contribution in [0.25, 0.3) is 0 Å². The summed E-state index contributed by atoms with van der Waals surface area (Å²) in [6.07, 6.45) is 3.38. The van der Waals surface area contributed by atoms with Crippen LogP contribution in [0.4, 0.5) is 11.4 Å². The molecule has 19 heavy (non-hydrogen) atoms. The molecule has 0 spiro atoms. The number of anilines is 1. The van der Waals surface area contributed by atoms with Crippen molar-refractivity contribution in [2.45, 2.75) is 20.4 Å². The van der Waals surface area contributed by atoms with E-state index < -0.39 is 4.92 Å². The van der Waals surface area contributed by atoms with Crippen molar-refractivity contribution < 1.29 is 4.92 Å². The minimum atomic E-state index is -0.406. The molecule has 0 aliphatic carbocycles. The van der Waals surface area contributed by atoms with Crippen molar-refractivity contribution in [2.75, 3.05) is 5.32 Å². The molecule has 2 rings (SSSR count). The molecule has 1 heterocycles. The van der Waals surface area contributed by atoms with Crippen LogP contribution in [0, 0.1) is 24.0 Å². The van der Waals surface area contributed by atoms with Gasteiger partial charge in [-0.05, 0) is 19.4 Å². The van der Waals surface area contributed by atoms with Crippen LogP contribution in [0.2, 0.25) is 0 Å². The third-order valence-electron chi connectivity index (χ3n) is 2.73. The first kappa shape index (κ1) is 12.9. The third-order valence-corrected chi connectivity index (χ3v) is 2.73. The van der Waals surface area contributed by atoms with Gasteiger partial charge in [-0.2, -0.15) is 0 Å². The van der Waals surface area contributed by atoms with Crippen molar-refractivity contribution in [3.05, 3.63) is 57.7 Å². The summed E-state index contributed by atoms with van der Waals surface area (Å²) in [4.78, 5) is 18.7. The Balaban J connectivity index is 2.12. The minimum Gasteiger partial charge on any atom is -0.379 e. The number of aryl methyl sites for hydroxylation is 2. The molecule has 6 nitrogen and oxygen atoms in total. The second kappa shape index (κ2) is 5.43. The lowest BCUT2D eigenvalue weighted by Crippen LogP contribution is -2.04. The highest BCUT2D eigenvalue weighted by atomic mass is 16.6. The van der Waals surface area contributed by atoms with Crippen LogP contribution in [0.1, 0.15) is 17.0 Å². The van der Waals surface area contributed by atoms with E-state index in [-0.39, 0.29) is 5.69 Å². The van der Waals surface area contributed by atoms with Gasteiger partial charge in [0.1, 0.15) is 0 Å². The molecule has 0 amide bonds. The smallest absolute Gasteiger partial charge is 0.271 e. The topological polar surface area (TPSA) is 81.0 Å². The van der Waals surface area contributed by atoms with Crippen LogP contribution in [0.5, 0.6) is 0 Å². The van der Waals surface area contributed by atoms with Crippen LogP contribution in [0.15, 0.2) is 30.6 Å². The predicted octanol–water partition coefficient (Wildman–Crippen LogP) is 2.61. The summed E-state index contributed by atoms with van der Waals surface area (Å²) in [7, 11) is 0. The van der Waals surface area contributed by atoms with Crippen molar-refractivity contribution >= 4 is 11.4 Å². The first-order valence-electron chi connectivity index (χ1n) is 5.82. The molecule has 2 aromatic rings. The molecule has 0 aliphatic heterocycles. The molecule has 1 N–H and O–H groups in total. The van der Waals surface area contributed by atoms with Crippen molar-refractivity contribution in [1.82, 2.24) is 9.97 Å². The van der Waals surface area contributed by atoms with Gasteiger partial charge < -0.3 is 5.32 Å². The van der Waals surface area contributed by atoms with Gasteiger partial charge in [0.05, 0.1) is 29.1 Å². The molecule has 0 radical (unpaired) electrons. The molecule has 0 saturated carbocycles. The SMILES string of the molecule is Cc1cnc(CNc2cc([N+](=O)[O-])ccc2C)cn1. The van der Waals surface area contributed by atoms with Crippen LogP contribution in [0.3, 0.4) is 0 Å². The lowest BCUT2D eigenvalue weighted by molar-refractivity contribution is -0.384. The van der Waals surface area contributed by atoms with E-state index in [0.29, 0.717) is 6.54 Å². The molecular formula is C13H14N4O2. The Bertz CT molecular complexity index is 596. The summed E-state index contributed by atoms with van der Waals surface area (Å²) >= 11 is 0. The number of rotatable bonds is 4. The molecule has 0 fully saturated rings. The van der Waals surface area contributed by atoms with Gasteiger partial charge in [0.15, 0.2) is 0 Å². The van der Waals surface area contributed by atoms with Gasteiger partial charge in [-0.25, -0.2) is 0 Å². The third kappa shape index (κ3) is 3.25. The lowest BCUT2D eigenvalue weighted by Gasteiger charge is -2.08. The zero-order valence-corrected chi connectivity index (χ0v) is 10.8. The van der Waals surface area contributed by atoms with E-state index in [9.17, 15) is 10.1 Å². The van der Waals surface area contributed by atoms with E-state index in [2.05, 4.69) is 15.3 Å². The Morgan fingerprint density at radius 3 is 2.68 bits per heavy atom. The zero-order valence-electron chi connectivity index (χ0n) is 10.8. The van der Waals surface area contributed by atoms with Crippen LogP contribution < -0.4 is 5.32 Å². The van der Waals surface area contributed by atoms with E-state index in [1.165, 1.54) is 12.1 Å². The molecule has 0 atom stereocenters. The Labute approximate surface area is 110 Å². The minimum absolute atomic E-state index is 0.0723. The quantitative estimate of drug-likeness (QED) is 0.673. The van der Waals surface area contributed by atoms with Crippen molar-refractivity contribution in [3.63, 3.8) is 0 Å². The second-order valence-corrected chi connectivity index (χ2v) is 4.26. The predicted molar refractivity (Wildman–Crippen MR) is 71.9 cm³/mol. The highest BCUT2D eigenvalue weighted by molar-refractivity contribution is 5.56. The molecule has 6 heteroatoms. The monoisotopic (exact) mass is 258 g/mol. The number of non-ortho nitro benzene ring substituents is 1. The van der Waals surface area contributed by atoms with Gasteiger partial charge in [-0.1, -0.05) is 6.07 Å². The number of nitro benzene ring substituents is 1. The van der Waals surface area contributed by atoms with Gasteiger partial charge in [-0.3, -0.25) is 20.1 Å². The normalized spacial score (nSPS) is 10.2. The standard InChI is InChI=1S/C13H14N4O2/c1-9-3-4-12(17(18)19)5-13(9)16-8-11-7-14-10(2)6-15-11/h3-7,16H,8H2,1-2H3. The summed E-state index contributed by atoms with van der Waals surface area (Å²) in [6.45, 7) is 4.25. The van der Waals surface area contributed by atoms with Gasteiger partial charge >= 0.3 is 0 Å². The Morgan fingerprint density at radius 2 is 2.05 bits per heavy atom. The molecule has 0 bridgehead atoms. The molecule has 0 saturated heterocycles. The molecule has 1 aromatic carbocycles. The second-order valence-electron chi connectivity index (χ2n) is 4.26. The molecule has 0 unspecified atom stereocenters. The van der Waals surface area contributed by atoms with Crippen LogP contribution in [-0.4, -0.2) is 14.9 Å². The van der Waals surface area contributed by atoms with E-state index in [1.54, 1.807) is 18.5 Å². The summed E-state index contributed by atoms with van der Waals surface area (Å²) in [5.74, 6) is 0. The summed E-state index contributed by atoms with van der Waals surface area (Å²) in [5, 5.41) is 13.9. The number of hydrogen-bond donors (Lipinski definition) is 1. The average Bonchev–Trinajstić information content (AvgIpc) is 2.39. The molecule has 0 aliphatic rings. The van der Waals surface area contributed by atoms with Crippen molar-refractivity contribution in [1.29, 1.82) is 0 Å². The number of nitro groups is 1. The lowest BCUT2D eigenvalue weighted by atomic mass is 10.2. The first-order valence-corrected chi connectivity index (χ1v) is 5.82. The fraction of sp³-hybridized carbons (Fsp3) is 0.231. The Hall–Kier alpha value is -2.50. The van der Waals surface area contributed by atoms with Crippen molar-refractivity contribution in [3.8, 4) is 0 Å². The van der Waals surface area contributed by atoms with Gasteiger partial charge in [0.2, 0.25) is 0 Å². The van der Waals surface area contributed by atoms with Crippen molar-refractivity contribution in [2.24, 2.45) is 0 Å². The summed E-state index contributed by atoms with van der Waals surface area (Å²) < 4.78 is 0. The number of nitrogens with zero attached hydrogens (tertiary/aromatic N) is 3. The number of nitrogens with one attached hydrogen (secondary N) is 1. The zero-order chi connectivity index (χ0) is 13.8. The maximum atomic E-state index is 10.7. The summed E-state index contributed by atoms with van der Waals surface area (Å²) in [5.41, 5.74) is 3.40. The molecule has 98 valence electrons. The maximum Gasteiger partial charge on any atom is 0.271 e. The largest absolute Gasteiger partial charge is 0.379 e. The summed E-state index contributed by atoms with van der Waals surface area (Å²) in [6, 6.07) is 4.74. The van der Waals surface area contributed by atoms with Gasteiger partial charge in [0, 0.05) is 24.0 Å². The fourth-order valence-corrected chi connectivity index (χ4v) is 1.61.